The van der Waals surface area contributed by atoms with E-state index in [1.165, 1.54) is 21.3 Å². The molecule has 0 spiro atoms. The van der Waals surface area contributed by atoms with E-state index in [9.17, 15) is 4.79 Å². The predicted molar refractivity (Wildman–Crippen MR) is 70.0 cm³/mol. The molecule has 0 aromatic heterocycles. The number of anilines is 1. The molecule has 0 aliphatic heterocycles. The van der Waals surface area contributed by atoms with E-state index in [1.54, 1.807) is 19.1 Å². The molecule has 0 saturated carbocycles. The molecule has 5 nitrogen and oxygen atoms in total. The molecule has 6 heteroatoms. The third-order valence-corrected chi connectivity index (χ3v) is 2.49. The van der Waals surface area contributed by atoms with Gasteiger partial charge in [0.25, 0.3) is 0 Å². The van der Waals surface area contributed by atoms with E-state index in [1.807, 2.05) is 0 Å². The largest absolute Gasteiger partial charge is 0.493 e. The van der Waals surface area contributed by atoms with Crippen LogP contribution in [-0.4, -0.2) is 32.6 Å². The highest BCUT2D eigenvalue weighted by atomic mass is 35.5. The second-order valence-corrected chi connectivity index (χ2v) is 4.17. The summed E-state index contributed by atoms with van der Waals surface area (Å²) in [7, 11) is 4.53. The lowest BCUT2D eigenvalue weighted by molar-refractivity contribution is -0.115. The summed E-state index contributed by atoms with van der Waals surface area (Å²) in [4.78, 5) is 11.5. The van der Waals surface area contributed by atoms with Gasteiger partial charge in [-0.2, -0.15) is 0 Å². The Labute approximate surface area is 111 Å². The number of carbonyl (C=O) groups excluding carboxylic acids is 1. The van der Waals surface area contributed by atoms with Crippen LogP contribution in [0.2, 0.25) is 0 Å². The summed E-state index contributed by atoms with van der Waals surface area (Å²) in [6.07, 6.45) is 0. The van der Waals surface area contributed by atoms with Crippen LogP contribution in [0, 0.1) is 0 Å². The van der Waals surface area contributed by atoms with E-state index in [-0.39, 0.29) is 5.91 Å². The van der Waals surface area contributed by atoms with Gasteiger partial charge in [-0.05, 0) is 6.92 Å². The standard InChI is InChI=1S/C12H16ClNO4/c1-7(13)12(15)14-8-5-9(16-2)11(18-4)10(6-8)17-3/h5-7H,1-4H3,(H,14,15)/t7-/m0/s1. The minimum atomic E-state index is -0.621. The van der Waals surface area contributed by atoms with Crippen molar-refractivity contribution >= 4 is 23.2 Å². The normalized spacial score (nSPS) is 11.6. The number of benzene rings is 1. The quantitative estimate of drug-likeness (QED) is 0.836. The van der Waals surface area contributed by atoms with Gasteiger partial charge in [0.1, 0.15) is 5.38 Å². The van der Waals surface area contributed by atoms with Gasteiger partial charge in [0.15, 0.2) is 11.5 Å². The zero-order valence-corrected chi connectivity index (χ0v) is 11.5. The smallest absolute Gasteiger partial charge is 0.242 e. The molecule has 1 aromatic carbocycles. The lowest BCUT2D eigenvalue weighted by atomic mass is 10.2. The van der Waals surface area contributed by atoms with Crippen molar-refractivity contribution in [3.8, 4) is 17.2 Å². The number of hydrogen-bond acceptors (Lipinski definition) is 4. The molecule has 1 N–H and O–H groups in total. The fourth-order valence-corrected chi connectivity index (χ4v) is 1.45. The number of alkyl halides is 1. The molecule has 0 aliphatic carbocycles. The fraction of sp³-hybridized carbons (Fsp3) is 0.417. The summed E-state index contributed by atoms with van der Waals surface area (Å²) in [6, 6.07) is 3.27. The van der Waals surface area contributed by atoms with Gasteiger partial charge < -0.3 is 19.5 Å². The molecule has 0 saturated heterocycles. The van der Waals surface area contributed by atoms with Crippen LogP contribution in [0.4, 0.5) is 5.69 Å². The Hall–Kier alpha value is -1.62. The van der Waals surface area contributed by atoms with Gasteiger partial charge >= 0.3 is 0 Å². The maximum absolute atomic E-state index is 11.5. The molecule has 1 amide bonds. The van der Waals surface area contributed by atoms with E-state index >= 15 is 0 Å². The van der Waals surface area contributed by atoms with Gasteiger partial charge in [-0.1, -0.05) is 0 Å². The number of hydrogen-bond donors (Lipinski definition) is 1. The highest BCUT2D eigenvalue weighted by molar-refractivity contribution is 6.32. The molecule has 1 aromatic rings. The Balaban J connectivity index is 3.11. The molecule has 0 unspecified atom stereocenters. The van der Waals surface area contributed by atoms with E-state index in [0.29, 0.717) is 22.9 Å². The molecule has 1 atom stereocenters. The molecule has 1 rings (SSSR count). The highest BCUT2D eigenvalue weighted by Gasteiger charge is 2.15. The molecule has 18 heavy (non-hydrogen) atoms. The Morgan fingerprint density at radius 1 is 1.17 bits per heavy atom. The number of nitrogens with one attached hydrogen (secondary N) is 1. The van der Waals surface area contributed by atoms with E-state index in [4.69, 9.17) is 25.8 Å². The lowest BCUT2D eigenvalue weighted by Gasteiger charge is -2.14. The van der Waals surface area contributed by atoms with Crippen LogP contribution in [-0.2, 0) is 4.79 Å². The van der Waals surface area contributed by atoms with Crippen LogP contribution in [0.1, 0.15) is 6.92 Å². The minimum absolute atomic E-state index is 0.300. The van der Waals surface area contributed by atoms with E-state index in [0.717, 1.165) is 0 Å². The molecule has 0 fully saturated rings. The SMILES string of the molecule is COc1cc(NC(=O)[C@H](C)Cl)cc(OC)c1OC. The van der Waals surface area contributed by atoms with Crippen molar-refractivity contribution in [1.82, 2.24) is 0 Å². The number of methoxy groups -OCH3 is 3. The van der Waals surface area contributed by atoms with Gasteiger partial charge in [-0.3, -0.25) is 4.79 Å². The predicted octanol–water partition coefficient (Wildman–Crippen LogP) is 2.28. The molecule has 0 radical (unpaired) electrons. The molecule has 0 aliphatic rings. The van der Waals surface area contributed by atoms with Gasteiger partial charge in [-0.15, -0.1) is 11.6 Å². The fourth-order valence-electron chi connectivity index (χ4n) is 1.39. The summed E-state index contributed by atoms with van der Waals surface area (Å²) in [5, 5.41) is 2.03. The van der Waals surface area contributed by atoms with Gasteiger partial charge in [0.05, 0.1) is 21.3 Å². The highest BCUT2D eigenvalue weighted by Crippen LogP contribution is 2.39. The van der Waals surface area contributed by atoms with Crippen molar-refractivity contribution in [3.05, 3.63) is 12.1 Å². The first kappa shape index (κ1) is 14.4. The third kappa shape index (κ3) is 3.20. The summed E-state index contributed by atoms with van der Waals surface area (Å²) in [6.45, 7) is 1.59. The summed E-state index contributed by atoms with van der Waals surface area (Å²) >= 11 is 5.68. The van der Waals surface area contributed by atoms with Gasteiger partial charge in [-0.25, -0.2) is 0 Å². The Morgan fingerprint density at radius 2 is 1.67 bits per heavy atom. The zero-order valence-electron chi connectivity index (χ0n) is 10.7. The van der Waals surface area contributed by atoms with Crippen LogP contribution >= 0.6 is 11.6 Å². The van der Waals surface area contributed by atoms with Crippen molar-refractivity contribution in [2.75, 3.05) is 26.6 Å². The second kappa shape index (κ2) is 6.35. The van der Waals surface area contributed by atoms with Crippen LogP contribution < -0.4 is 19.5 Å². The average Bonchev–Trinajstić information content (AvgIpc) is 2.37. The number of carbonyl (C=O) groups is 1. The number of halogens is 1. The average molecular weight is 274 g/mol. The van der Waals surface area contributed by atoms with Crippen LogP contribution in [0.25, 0.3) is 0 Å². The monoisotopic (exact) mass is 273 g/mol. The summed E-state index contributed by atoms with van der Waals surface area (Å²) < 4.78 is 15.5. The van der Waals surface area contributed by atoms with Crippen LogP contribution in [0.3, 0.4) is 0 Å². The van der Waals surface area contributed by atoms with Crippen LogP contribution in [0.5, 0.6) is 17.2 Å². The molecule has 0 heterocycles. The minimum Gasteiger partial charge on any atom is -0.493 e. The first-order valence-electron chi connectivity index (χ1n) is 5.28. The molecular formula is C12H16ClNO4. The topological polar surface area (TPSA) is 56.8 Å². The number of rotatable bonds is 5. The molecule has 100 valence electrons. The first-order valence-corrected chi connectivity index (χ1v) is 5.72. The maximum atomic E-state index is 11.5. The van der Waals surface area contributed by atoms with Crippen molar-refractivity contribution in [2.24, 2.45) is 0 Å². The first-order chi connectivity index (χ1) is 8.53. The Kier molecular flexibility index (Phi) is 5.09. The maximum Gasteiger partial charge on any atom is 0.242 e. The molecule has 0 bridgehead atoms. The number of amides is 1. The summed E-state index contributed by atoms with van der Waals surface area (Å²) in [5.74, 6) is 1.10. The van der Waals surface area contributed by atoms with E-state index in [2.05, 4.69) is 5.32 Å². The van der Waals surface area contributed by atoms with Crippen molar-refractivity contribution < 1.29 is 19.0 Å². The summed E-state index contributed by atoms with van der Waals surface area (Å²) in [5.41, 5.74) is 0.530. The number of ether oxygens (including phenoxy) is 3. The Morgan fingerprint density at radius 3 is 2.00 bits per heavy atom. The van der Waals surface area contributed by atoms with Crippen molar-refractivity contribution in [2.45, 2.75) is 12.3 Å². The van der Waals surface area contributed by atoms with Crippen molar-refractivity contribution in [3.63, 3.8) is 0 Å². The second-order valence-electron chi connectivity index (χ2n) is 3.52. The third-order valence-electron chi connectivity index (χ3n) is 2.29. The molecular weight excluding hydrogens is 258 g/mol. The van der Waals surface area contributed by atoms with E-state index < -0.39 is 5.38 Å². The lowest BCUT2D eigenvalue weighted by Crippen LogP contribution is -2.20. The van der Waals surface area contributed by atoms with Gasteiger partial charge in [0.2, 0.25) is 11.7 Å². The zero-order chi connectivity index (χ0) is 13.7. The Bertz CT molecular complexity index is 409. The van der Waals surface area contributed by atoms with Gasteiger partial charge in [0, 0.05) is 17.8 Å². The van der Waals surface area contributed by atoms with Crippen LogP contribution in [0.15, 0.2) is 12.1 Å². The van der Waals surface area contributed by atoms with Crippen molar-refractivity contribution in [1.29, 1.82) is 0 Å².